The maximum Gasteiger partial charge on any atom is 0.326 e. The number of carbonyl (C=O) groups is 3. The van der Waals surface area contributed by atoms with Crippen LogP contribution in [0.3, 0.4) is 0 Å². The maximum atomic E-state index is 11.7. The fraction of sp³-hybridized carbons (Fsp3) is 0.800. The van der Waals surface area contributed by atoms with Crippen molar-refractivity contribution in [2.45, 2.75) is 59.9 Å². The van der Waals surface area contributed by atoms with Gasteiger partial charge in [-0.05, 0) is 12.3 Å². The van der Waals surface area contributed by atoms with Crippen molar-refractivity contribution in [1.29, 1.82) is 0 Å². The molecule has 0 aliphatic carbocycles. The first-order chi connectivity index (χ1) is 9.59. The van der Waals surface area contributed by atoms with Gasteiger partial charge in [0.1, 0.15) is 6.04 Å². The maximum absolute atomic E-state index is 11.7. The number of carboxylic acids is 1. The first-order valence-corrected chi connectivity index (χ1v) is 7.40. The van der Waals surface area contributed by atoms with Gasteiger partial charge in [-0.2, -0.15) is 0 Å². The van der Waals surface area contributed by atoms with Gasteiger partial charge in [0, 0.05) is 18.4 Å². The molecule has 0 aliphatic rings. The highest BCUT2D eigenvalue weighted by Gasteiger charge is 2.25. The number of hydrogen-bond acceptors (Lipinski definition) is 3. The van der Waals surface area contributed by atoms with Crippen LogP contribution in [0, 0.1) is 11.3 Å². The SMILES string of the molecule is CC[C@H](C)[C@H](NC(=O)CCCNC(=O)C(C)(C)C)C(=O)O. The number of nitrogens with one attached hydrogen (secondary N) is 2. The van der Waals surface area contributed by atoms with Gasteiger partial charge in [0.2, 0.25) is 11.8 Å². The molecule has 0 heterocycles. The van der Waals surface area contributed by atoms with Crippen LogP contribution in [0.25, 0.3) is 0 Å². The minimum absolute atomic E-state index is 0.0640. The molecule has 2 atom stereocenters. The molecule has 0 rings (SSSR count). The van der Waals surface area contributed by atoms with Crippen LogP contribution >= 0.6 is 0 Å². The van der Waals surface area contributed by atoms with Gasteiger partial charge < -0.3 is 15.7 Å². The highest BCUT2D eigenvalue weighted by Crippen LogP contribution is 2.12. The second-order valence-corrected chi connectivity index (χ2v) is 6.38. The van der Waals surface area contributed by atoms with Crippen LogP contribution < -0.4 is 10.6 Å². The van der Waals surface area contributed by atoms with E-state index >= 15 is 0 Å². The quantitative estimate of drug-likeness (QED) is 0.593. The van der Waals surface area contributed by atoms with Crippen LogP contribution in [0.2, 0.25) is 0 Å². The van der Waals surface area contributed by atoms with Gasteiger partial charge in [0.05, 0.1) is 0 Å². The topological polar surface area (TPSA) is 95.5 Å². The van der Waals surface area contributed by atoms with Crippen LogP contribution in [0.5, 0.6) is 0 Å². The smallest absolute Gasteiger partial charge is 0.326 e. The molecule has 2 amide bonds. The zero-order chi connectivity index (χ0) is 16.6. The van der Waals surface area contributed by atoms with Gasteiger partial charge in [-0.25, -0.2) is 4.79 Å². The van der Waals surface area contributed by atoms with Crippen molar-refractivity contribution in [3.63, 3.8) is 0 Å². The summed E-state index contributed by atoms with van der Waals surface area (Å²) in [5.41, 5.74) is -0.451. The Balaban J connectivity index is 4.10. The van der Waals surface area contributed by atoms with Crippen molar-refractivity contribution < 1.29 is 19.5 Å². The van der Waals surface area contributed by atoms with Crippen LogP contribution in [0.15, 0.2) is 0 Å². The molecule has 21 heavy (non-hydrogen) atoms. The van der Waals surface area contributed by atoms with Gasteiger partial charge in [0.25, 0.3) is 0 Å². The number of hydrogen-bond donors (Lipinski definition) is 3. The minimum atomic E-state index is -1.02. The van der Waals surface area contributed by atoms with E-state index < -0.39 is 17.4 Å². The molecule has 0 unspecified atom stereocenters. The molecule has 122 valence electrons. The highest BCUT2D eigenvalue weighted by atomic mass is 16.4. The highest BCUT2D eigenvalue weighted by molar-refractivity contribution is 5.84. The first-order valence-electron chi connectivity index (χ1n) is 7.40. The molecule has 0 aromatic rings. The van der Waals surface area contributed by atoms with Crippen LogP contribution in [0.1, 0.15) is 53.9 Å². The lowest BCUT2D eigenvalue weighted by Gasteiger charge is -2.20. The summed E-state index contributed by atoms with van der Waals surface area (Å²) in [6.45, 7) is 9.54. The molecule has 0 spiro atoms. The number of carbonyl (C=O) groups excluding carboxylic acids is 2. The Labute approximate surface area is 126 Å². The van der Waals surface area contributed by atoms with Crippen LogP contribution in [0.4, 0.5) is 0 Å². The molecule has 0 radical (unpaired) electrons. The van der Waals surface area contributed by atoms with E-state index in [2.05, 4.69) is 10.6 Å². The van der Waals surface area contributed by atoms with Gasteiger partial charge >= 0.3 is 5.97 Å². The molecule has 0 aromatic carbocycles. The lowest BCUT2D eigenvalue weighted by molar-refractivity contribution is -0.143. The Hall–Kier alpha value is -1.59. The second kappa shape index (κ2) is 8.64. The van der Waals surface area contributed by atoms with Gasteiger partial charge in [-0.1, -0.05) is 41.0 Å². The summed E-state index contributed by atoms with van der Waals surface area (Å²) in [7, 11) is 0. The summed E-state index contributed by atoms with van der Waals surface area (Å²) >= 11 is 0. The number of carboxylic acid groups (broad SMARTS) is 1. The van der Waals surface area contributed by atoms with E-state index in [1.165, 1.54) is 0 Å². The third-order valence-electron chi connectivity index (χ3n) is 3.34. The predicted molar refractivity (Wildman–Crippen MR) is 80.7 cm³/mol. The summed E-state index contributed by atoms with van der Waals surface area (Å²) in [5.74, 6) is -1.50. The summed E-state index contributed by atoms with van der Waals surface area (Å²) in [4.78, 5) is 34.4. The van der Waals surface area contributed by atoms with E-state index in [1.807, 2.05) is 27.7 Å². The molecule has 0 saturated carbocycles. The van der Waals surface area contributed by atoms with Crippen molar-refractivity contribution in [1.82, 2.24) is 10.6 Å². The number of amides is 2. The average molecular weight is 300 g/mol. The normalized spacial score (nSPS) is 14.1. The van der Waals surface area contributed by atoms with E-state index in [0.29, 0.717) is 19.4 Å². The van der Waals surface area contributed by atoms with E-state index in [-0.39, 0.29) is 24.2 Å². The molecular formula is C15H28N2O4. The summed E-state index contributed by atoms with van der Waals surface area (Å²) in [5, 5.41) is 14.4. The van der Waals surface area contributed by atoms with Crippen LogP contribution in [-0.4, -0.2) is 35.5 Å². The Morgan fingerprint density at radius 1 is 1.19 bits per heavy atom. The minimum Gasteiger partial charge on any atom is -0.480 e. The van der Waals surface area contributed by atoms with E-state index in [1.54, 1.807) is 6.92 Å². The van der Waals surface area contributed by atoms with E-state index in [0.717, 1.165) is 0 Å². The Morgan fingerprint density at radius 2 is 1.76 bits per heavy atom. The number of rotatable bonds is 8. The van der Waals surface area contributed by atoms with Gasteiger partial charge in [0.15, 0.2) is 0 Å². The zero-order valence-electron chi connectivity index (χ0n) is 13.7. The Bertz CT molecular complexity index is 374. The van der Waals surface area contributed by atoms with Crippen molar-refractivity contribution in [3.05, 3.63) is 0 Å². The van der Waals surface area contributed by atoms with E-state index in [9.17, 15) is 14.4 Å². The van der Waals surface area contributed by atoms with Crippen molar-refractivity contribution in [2.24, 2.45) is 11.3 Å². The molecule has 0 aromatic heterocycles. The molecule has 0 aliphatic heterocycles. The second-order valence-electron chi connectivity index (χ2n) is 6.38. The predicted octanol–water partition coefficient (Wildman–Crippen LogP) is 1.54. The fourth-order valence-electron chi connectivity index (χ4n) is 1.64. The van der Waals surface area contributed by atoms with Crippen molar-refractivity contribution in [2.75, 3.05) is 6.54 Å². The van der Waals surface area contributed by atoms with Gasteiger partial charge in [-0.3, -0.25) is 9.59 Å². The lowest BCUT2D eigenvalue weighted by atomic mass is 9.96. The third-order valence-corrected chi connectivity index (χ3v) is 3.34. The molecule has 0 saturated heterocycles. The molecule has 0 fully saturated rings. The van der Waals surface area contributed by atoms with Crippen LogP contribution in [-0.2, 0) is 14.4 Å². The Morgan fingerprint density at radius 3 is 2.19 bits per heavy atom. The monoisotopic (exact) mass is 300 g/mol. The molecule has 0 bridgehead atoms. The lowest BCUT2D eigenvalue weighted by Crippen LogP contribution is -2.45. The Kier molecular flexibility index (Phi) is 7.99. The summed E-state index contributed by atoms with van der Waals surface area (Å²) in [6, 6.07) is -0.855. The summed E-state index contributed by atoms with van der Waals surface area (Å²) in [6.07, 6.45) is 1.37. The first kappa shape index (κ1) is 19.4. The molecular weight excluding hydrogens is 272 g/mol. The summed E-state index contributed by atoms with van der Waals surface area (Å²) < 4.78 is 0. The average Bonchev–Trinajstić information content (AvgIpc) is 2.38. The van der Waals surface area contributed by atoms with Crippen molar-refractivity contribution in [3.8, 4) is 0 Å². The fourth-order valence-corrected chi connectivity index (χ4v) is 1.64. The standard InChI is InChI=1S/C15H28N2O4/c1-6-10(2)12(13(19)20)17-11(18)8-7-9-16-14(21)15(3,4)5/h10,12H,6-9H2,1-5H3,(H,16,21)(H,17,18)(H,19,20)/t10-,12-/m0/s1. The molecule has 6 nitrogen and oxygen atoms in total. The van der Waals surface area contributed by atoms with Crippen molar-refractivity contribution >= 4 is 17.8 Å². The largest absolute Gasteiger partial charge is 0.480 e. The molecule has 6 heteroatoms. The third kappa shape index (κ3) is 7.68. The number of aliphatic carboxylic acids is 1. The van der Waals surface area contributed by atoms with E-state index in [4.69, 9.17) is 5.11 Å². The van der Waals surface area contributed by atoms with Gasteiger partial charge in [-0.15, -0.1) is 0 Å². The molecule has 3 N–H and O–H groups in total. The zero-order valence-corrected chi connectivity index (χ0v) is 13.7.